The molecule has 0 N–H and O–H groups in total. The second-order valence-corrected chi connectivity index (χ2v) is 11.0. The van der Waals surface area contributed by atoms with E-state index >= 15 is 0 Å². The van der Waals surface area contributed by atoms with Gasteiger partial charge in [0.1, 0.15) is 9.84 Å². The van der Waals surface area contributed by atoms with E-state index in [9.17, 15) is 8.42 Å². The Morgan fingerprint density at radius 1 is 0.968 bits per heavy atom. The van der Waals surface area contributed by atoms with E-state index in [-0.39, 0.29) is 0 Å². The van der Waals surface area contributed by atoms with Gasteiger partial charge in [-0.2, -0.15) is 0 Å². The molecule has 2 heterocycles. The molecule has 4 rings (SSSR count). The van der Waals surface area contributed by atoms with Crippen LogP contribution in [0.3, 0.4) is 0 Å². The van der Waals surface area contributed by atoms with Crippen LogP contribution in [-0.2, 0) is 16.3 Å². The molecule has 4 aromatic rings. The molecule has 158 valence electrons. The fourth-order valence-corrected chi connectivity index (χ4v) is 4.51. The molecule has 0 fully saturated rings. The van der Waals surface area contributed by atoms with Crippen molar-refractivity contribution < 1.29 is 8.42 Å². The Labute approximate surface area is 187 Å². The first-order valence-corrected chi connectivity index (χ1v) is 13.2. The van der Waals surface area contributed by atoms with Crippen LogP contribution in [0.15, 0.2) is 78.0 Å². The molecule has 0 spiro atoms. The summed E-state index contributed by atoms with van der Waals surface area (Å²) in [5, 5.41) is 1.54. The molecule has 2 aromatic heterocycles. The van der Waals surface area contributed by atoms with Gasteiger partial charge in [0.15, 0.2) is 0 Å². The van der Waals surface area contributed by atoms with Gasteiger partial charge in [0, 0.05) is 29.0 Å². The summed E-state index contributed by atoms with van der Waals surface area (Å²) in [6.45, 7) is 1.76. The number of benzene rings is 2. The predicted octanol–water partition coefficient (Wildman–Crippen LogP) is 5.66. The Morgan fingerprint density at radius 2 is 1.74 bits per heavy atom. The molecule has 1 unspecified atom stereocenters. The van der Waals surface area contributed by atoms with Crippen molar-refractivity contribution in [3.05, 3.63) is 78.5 Å². The van der Waals surface area contributed by atoms with Gasteiger partial charge >= 0.3 is 0 Å². The highest BCUT2D eigenvalue weighted by Crippen LogP contribution is 2.32. The maximum Gasteiger partial charge on any atom is 0.150 e. The minimum absolute atomic E-state index is 0.445. The summed E-state index contributed by atoms with van der Waals surface area (Å²) in [4.78, 5) is 9.34. The van der Waals surface area contributed by atoms with Gasteiger partial charge in [-0.1, -0.05) is 30.3 Å². The zero-order valence-electron chi connectivity index (χ0n) is 17.7. The highest BCUT2D eigenvalue weighted by Gasteiger charge is 2.17. The molecule has 0 saturated heterocycles. The third-order valence-electron chi connectivity index (χ3n) is 5.42. The standard InChI is InChI=1S/C25H24N2O2S2/c1-17(31(3,28)29)13-18-14-21-9-6-12-26-25(21)22(15-18)19-7-4-8-20(16-19)23-10-5-11-24(27-23)30-2/h4-12,14-17H,13H2,1-3H3. The summed E-state index contributed by atoms with van der Waals surface area (Å²) >= 11 is 1.62. The van der Waals surface area contributed by atoms with Gasteiger partial charge in [0.05, 0.1) is 21.5 Å². The molecular formula is C25H24N2O2S2. The zero-order valence-corrected chi connectivity index (χ0v) is 19.4. The maximum atomic E-state index is 12.0. The number of hydrogen-bond donors (Lipinski definition) is 0. The first-order valence-electron chi connectivity index (χ1n) is 10.0. The van der Waals surface area contributed by atoms with Crippen LogP contribution in [0.4, 0.5) is 0 Å². The number of pyridine rings is 2. The largest absolute Gasteiger partial charge is 0.256 e. The minimum Gasteiger partial charge on any atom is -0.256 e. The molecule has 0 aliphatic heterocycles. The van der Waals surface area contributed by atoms with Gasteiger partial charge in [0.2, 0.25) is 0 Å². The number of thioether (sulfide) groups is 1. The topological polar surface area (TPSA) is 59.9 Å². The first-order chi connectivity index (χ1) is 14.8. The van der Waals surface area contributed by atoms with E-state index in [1.54, 1.807) is 24.9 Å². The number of sulfone groups is 1. The van der Waals surface area contributed by atoms with Gasteiger partial charge in [0.25, 0.3) is 0 Å². The summed E-state index contributed by atoms with van der Waals surface area (Å²) in [7, 11) is -3.11. The van der Waals surface area contributed by atoms with Crippen LogP contribution in [0.25, 0.3) is 33.3 Å². The number of rotatable bonds is 6. The third-order valence-corrected chi connectivity index (χ3v) is 7.69. The monoisotopic (exact) mass is 448 g/mol. The van der Waals surface area contributed by atoms with Crippen molar-refractivity contribution in [2.24, 2.45) is 0 Å². The molecule has 31 heavy (non-hydrogen) atoms. The van der Waals surface area contributed by atoms with Crippen LogP contribution in [-0.4, -0.2) is 36.1 Å². The normalized spacial score (nSPS) is 12.7. The SMILES string of the molecule is CSc1cccc(-c2cccc(-c3cc(CC(C)S(C)(=O)=O)cc4cccnc34)c2)n1. The lowest BCUT2D eigenvalue weighted by atomic mass is 9.95. The molecule has 0 aliphatic carbocycles. The van der Waals surface area contributed by atoms with Crippen LogP contribution in [0, 0.1) is 0 Å². The highest BCUT2D eigenvalue weighted by molar-refractivity contribution is 7.98. The van der Waals surface area contributed by atoms with Gasteiger partial charge in [-0.3, -0.25) is 4.98 Å². The van der Waals surface area contributed by atoms with Gasteiger partial charge < -0.3 is 0 Å². The van der Waals surface area contributed by atoms with Gasteiger partial charge in [-0.05, 0) is 67.1 Å². The Hall–Kier alpha value is -2.70. The lowest BCUT2D eigenvalue weighted by Crippen LogP contribution is -2.18. The summed E-state index contributed by atoms with van der Waals surface area (Å²) < 4.78 is 24.0. The first kappa shape index (κ1) is 21.5. The van der Waals surface area contributed by atoms with Crippen molar-refractivity contribution in [3.8, 4) is 22.4 Å². The van der Waals surface area contributed by atoms with E-state index in [0.29, 0.717) is 6.42 Å². The summed E-state index contributed by atoms with van der Waals surface area (Å²) in [5.74, 6) is 0. The van der Waals surface area contributed by atoms with E-state index in [0.717, 1.165) is 43.9 Å². The van der Waals surface area contributed by atoms with Crippen LogP contribution in [0.2, 0.25) is 0 Å². The van der Waals surface area contributed by atoms with E-state index in [2.05, 4.69) is 29.2 Å². The second kappa shape index (κ2) is 8.81. The highest BCUT2D eigenvalue weighted by atomic mass is 32.2. The van der Waals surface area contributed by atoms with Gasteiger partial charge in [-0.15, -0.1) is 11.8 Å². The second-order valence-electron chi connectivity index (χ2n) is 7.71. The Balaban J connectivity index is 1.83. The molecule has 0 aliphatic rings. The number of aromatic nitrogens is 2. The van der Waals surface area contributed by atoms with Crippen molar-refractivity contribution in [1.29, 1.82) is 0 Å². The van der Waals surface area contributed by atoms with E-state index in [1.807, 2.05) is 48.7 Å². The van der Waals surface area contributed by atoms with E-state index < -0.39 is 15.1 Å². The maximum absolute atomic E-state index is 12.0. The van der Waals surface area contributed by atoms with Crippen LogP contribution >= 0.6 is 11.8 Å². The summed E-state index contributed by atoms with van der Waals surface area (Å²) in [5.41, 5.74) is 5.88. The molecule has 6 heteroatoms. The van der Waals surface area contributed by atoms with Gasteiger partial charge in [-0.25, -0.2) is 13.4 Å². The lowest BCUT2D eigenvalue weighted by molar-refractivity contribution is 0.588. The molecule has 4 nitrogen and oxygen atoms in total. The van der Waals surface area contributed by atoms with Crippen molar-refractivity contribution in [2.45, 2.75) is 23.6 Å². The number of nitrogens with zero attached hydrogens (tertiary/aromatic N) is 2. The molecule has 1 atom stereocenters. The summed E-state index contributed by atoms with van der Waals surface area (Å²) in [6.07, 6.45) is 5.56. The van der Waals surface area contributed by atoms with Crippen molar-refractivity contribution in [1.82, 2.24) is 9.97 Å². The Bertz CT molecular complexity index is 1350. The van der Waals surface area contributed by atoms with Crippen molar-refractivity contribution in [3.63, 3.8) is 0 Å². The quantitative estimate of drug-likeness (QED) is 0.356. The zero-order chi connectivity index (χ0) is 22.0. The lowest BCUT2D eigenvalue weighted by Gasteiger charge is -2.14. The molecule has 2 aromatic carbocycles. The molecule has 0 saturated carbocycles. The molecule has 0 bridgehead atoms. The van der Waals surface area contributed by atoms with E-state index in [4.69, 9.17) is 4.98 Å². The predicted molar refractivity (Wildman–Crippen MR) is 130 cm³/mol. The smallest absolute Gasteiger partial charge is 0.150 e. The summed E-state index contributed by atoms with van der Waals surface area (Å²) in [6, 6.07) is 22.3. The average molecular weight is 449 g/mol. The van der Waals surface area contributed by atoms with Crippen LogP contribution in [0.1, 0.15) is 12.5 Å². The van der Waals surface area contributed by atoms with E-state index in [1.165, 1.54) is 6.26 Å². The third kappa shape index (κ3) is 4.81. The fourth-order valence-electron chi connectivity index (χ4n) is 3.61. The molecule has 0 amide bonds. The Morgan fingerprint density at radius 3 is 2.52 bits per heavy atom. The van der Waals surface area contributed by atoms with Crippen molar-refractivity contribution >= 4 is 32.5 Å². The fraction of sp³-hybridized carbons (Fsp3) is 0.200. The molecule has 0 radical (unpaired) electrons. The van der Waals surface area contributed by atoms with Crippen LogP contribution in [0.5, 0.6) is 0 Å². The average Bonchev–Trinajstić information content (AvgIpc) is 2.78. The van der Waals surface area contributed by atoms with Crippen molar-refractivity contribution in [2.75, 3.05) is 12.5 Å². The Kier molecular flexibility index (Phi) is 6.12. The minimum atomic E-state index is -3.11. The number of fused-ring (bicyclic) bond motifs is 1. The molecular weight excluding hydrogens is 424 g/mol. The number of hydrogen-bond acceptors (Lipinski definition) is 5. The van der Waals surface area contributed by atoms with Crippen LogP contribution < -0.4 is 0 Å².